The third-order valence-corrected chi connectivity index (χ3v) is 5.70. The zero-order chi connectivity index (χ0) is 22.0. The molecular formula is C22H21F2N5O2. The van der Waals surface area contributed by atoms with Gasteiger partial charge in [0.15, 0.2) is 0 Å². The molecule has 2 saturated heterocycles. The van der Waals surface area contributed by atoms with Gasteiger partial charge in [-0.1, -0.05) is 0 Å². The summed E-state index contributed by atoms with van der Waals surface area (Å²) in [7, 11) is 1.35. The van der Waals surface area contributed by atoms with Gasteiger partial charge in [-0.25, -0.2) is 9.97 Å². The van der Waals surface area contributed by atoms with Gasteiger partial charge in [0.2, 0.25) is 11.8 Å². The first-order chi connectivity index (χ1) is 14.9. The van der Waals surface area contributed by atoms with Gasteiger partial charge >= 0.3 is 0 Å². The summed E-state index contributed by atoms with van der Waals surface area (Å²) in [5, 5.41) is 8.94. The van der Waals surface area contributed by atoms with E-state index in [0.717, 1.165) is 30.8 Å². The van der Waals surface area contributed by atoms with Crippen LogP contribution in [0.2, 0.25) is 0 Å². The first kappa shape index (κ1) is 20.7. The van der Waals surface area contributed by atoms with Crippen molar-refractivity contribution in [2.45, 2.75) is 30.8 Å². The number of pyridine rings is 2. The maximum absolute atomic E-state index is 14.5. The highest BCUT2D eigenvalue weighted by molar-refractivity contribution is 5.88. The molecule has 4 rings (SSSR count). The molecule has 2 bridgehead atoms. The molecule has 2 atom stereocenters. The lowest BCUT2D eigenvalue weighted by molar-refractivity contribution is -0.127. The number of carbonyl (C=O) groups excluding carboxylic acids is 1. The van der Waals surface area contributed by atoms with Crippen molar-refractivity contribution < 1.29 is 18.3 Å². The van der Waals surface area contributed by atoms with Crippen molar-refractivity contribution in [1.82, 2.24) is 14.9 Å². The summed E-state index contributed by atoms with van der Waals surface area (Å²) in [6, 6.07) is 8.07. The number of halogens is 2. The Morgan fingerprint density at radius 3 is 2.61 bits per heavy atom. The maximum atomic E-state index is 14.5. The van der Waals surface area contributed by atoms with E-state index in [1.54, 1.807) is 11.0 Å². The van der Waals surface area contributed by atoms with Crippen molar-refractivity contribution >= 4 is 11.7 Å². The van der Waals surface area contributed by atoms with E-state index >= 15 is 0 Å². The number of allylic oxidation sites excluding steroid dienone is 1. The van der Waals surface area contributed by atoms with E-state index in [-0.39, 0.29) is 23.5 Å². The molecule has 0 saturated carbocycles. The highest BCUT2D eigenvalue weighted by Crippen LogP contribution is 2.35. The average Bonchev–Trinajstić information content (AvgIpc) is 3.06. The Balaban J connectivity index is 1.44. The van der Waals surface area contributed by atoms with Crippen LogP contribution in [-0.2, 0) is 10.7 Å². The van der Waals surface area contributed by atoms with Crippen LogP contribution in [0.15, 0.2) is 48.8 Å². The lowest BCUT2D eigenvalue weighted by Gasteiger charge is -2.41. The molecule has 1 unspecified atom stereocenters. The monoisotopic (exact) mass is 425 g/mol. The van der Waals surface area contributed by atoms with Gasteiger partial charge in [0.1, 0.15) is 11.9 Å². The number of likely N-dealkylation sites (tertiary alicyclic amines) is 1. The van der Waals surface area contributed by atoms with Crippen LogP contribution in [0.3, 0.4) is 0 Å². The van der Waals surface area contributed by atoms with Crippen molar-refractivity contribution in [2.24, 2.45) is 0 Å². The second-order valence-corrected chi connectivity index (χ2v) is 7.60. The Labute approximate surface area is 178 Å². The number of alkyl halides is 2. The Kier molecular flexibility index (Phi) is 5.55. The van der Waals surface area contributed by atoms with Crippen molar-refractivity contribution in [1.29, 1.82) is 5.26 Å². The van der Waals surface area contributed by atoms with Crippen LogP contribution in [0.5, 0.6) is 5.88 Å². The zero-order valence-electron chi connectivity index (χ0n) is 16.9. The molecule has 0 aliphatic carbocycles. The lowest BCUT2D eigenvalue weighted by atomic mass is 10.1. The summed E-state index contributed by atoms with van der Waals surface area (Å²) in [6.45, 7) is 0.881. The van der Waals surface area contributed by atoms with E-state index in [1.165, 1.54) is 25.6 Å². The molecular weight excluding hydrogens is 404 g/mol. The standard InChI is InChI=1S/C22H21F2N5O2/c1-31-20-10-16(7-9-26-20)22(23,24)8-6-21(30)28-13-17-3-4-18(14-28)29(17)19-5-2-15(11-25)12-27-19/h2,5-10,12,17-18H,3-4,13-14H2,1H3/b8-6+/t17-,18?/m0/s1. The Morgan fingerprint density at radius 2 is 2.00 bits per heavy atom. The minimum atomic E-state index is -3.32. The van der Waals surface area contributed by atoms with E-state index in [2.05, 4.69) is 14.9 Å². The zero-order valence-corrected chi connectivity index (χ0v) is 16.9. The first-order valence-corrected chi connectivity index (χ1v) is 9.92. The fraction of sp³-hybridized carbons (Fsp3) is 0.364. The van der Waals surface area contributed by atoms with Crippen LogP contribution in [0, 0.1) is 11.3 Å². The van der Waals surface area contributed by atoms with Crippen molar-refractivity contribution in [3.8, 4) is 11.9 Å². The molecule has 0 radical (unpaired) electrons. The van der Waals surface area contributed by atoms with Crippen LogP contribution in [0.25, 0.3) is 0 Å². The van der Waals surface area contributed by atoms with Gasteiger partial charge < -0.3 is 14.5 Å². The number of amides is 1. The average molecular weight is 425 g/mol. The van der Waals surface area contributed by atoms with E-state index in [9.17, 15) is 13.6 Å². The number of anilines is 1. The normalized spacial score (nSPS) is 20.7. The van der Waals surface area contributed by atoms with Crippen LogP contribution >= 0.6 is 0 Å². The molecule has 9 heteroatoms. The molecule has 2 aromatic heterocycles. The van der Waals surface area contributed by atoms with Gasteiger partial charge in [-0.2, -0.15) is 14.0 Å². The van der Waals surface area contributed by atoms with Gasteiger partial charge in [0, 0.05) is 55.3 Å². The molecule has 2 fully saturated rings. The summed E-state index contributed by atoms with van der Waals surface area (Å²) in [4.78, 5) is 24.6. The van der Waals surface area contributed by atoms with Crippen molar-refractivity contribution in [3.05, 3.63) is 59.9 Å². The first-order valence-electron chi connectivity index (χ1n) is 9.92. The topological polar surface area (TPSA) is 82.4 Å². The fourth-order valence-electron chi connectivity index (χ4n) is 4.17. The molecule has 0 aromatic carbocycles. The number of nitriles is 1. The van der Waals surface area contributed by atoms with Crippen molar-refractivity contribution in [3.63, 3.8) is 0 Å². The Morgan fingerprint density at radius 1 is 1.26 bits per heavy atom. The number of fused-ring (bicyclic) bond motifs is 2. The number of hydrogen-bond acceptors (Lipinski definition) is 6. The highest BCUT2D eigenvalue weighted by atomic mass is 19.3. The number of rotatable bonds is 5. The minimum absolute atomic E-state index is 0.0708. The van der Waals surface area contributed by atoms with E-state index in [1.807, 2.05) is 12.1 Å². The highest BCUT2D eigenvalue weighted by Gasteiger charge is 2.41. The maximum Gasteiger partial charge on any atom is 0.292 e. The molecule has 2 aliphatic rings. The molecule has 0 N–H and O–H groups in total. The fourth-order valence-corrected chi connectivity index (χ4v) is 4.17. The summed E-state index contributed by atoms with van der Waals surface area (Å²) < 4.78 is 34.0. The number of nitrogens with zero attached hydrogens (tertiary/aromatic N) is 5. The molecule has 2 aliphatic heterocycles. The SMILES string of the molecule is COc1cc(C(F)(F)/C=C/C(=O)N2CC3CC[C@@H](C2)N3c2ccc(C#N)cn2)ccn1. The van der Waals surface area contributed by atoms with Gasteiger partial charge in [-0.3, -0.25) is 4.79 Å². The van der Waals surface area contributed by atoms with E-state index in [0.29, 0.717) is 24.7 Å². The minimum Gasteiger partial charge on any atom is -0.481 e. The third-order valence-electron chi connectivity index (χ3n) is 5.70. The van der Waals surface area contributed by atoms with Gasteiger partial charge in [0.05, 0.1) is 12.7 Å². The van der Waals surface area contributed by atoms with Crippen LogP contribution in [0.4, 0.5) is 14.6 Å². The molecule has 1 amide bonds. The largest absolute Gasteiger partial charge is 0.481 e. The molecule has 2 aromatic rings. The van der Waals surface area contributed by atoms with Crippen molar-refractivity contribution in [2.75, 3.05) is 25.1 Å². The number of aromatic nitrogens is 2. The number of hydrogen-bond donors (Lipinski definition) is 0. The number of methoxy groups -OCH3 is 1. The number of carbonyl (C=O) groups is 1. The molecule has 160 valence electrons. The van der Waals surface area contributed by atoms with E-state index in [4.69, 9.17) is 10.00 Å². The summed E-state index contributed by atoms with van der Waals surface area (Å²) in [5.41, 5.74) is 0.197. The Hall–Kier alpha value is -3.54. The molecule has 31 heavy (non-hydrogen) atoms. The quantitative estimate of drug-likeness (QED) is 0.685. The lowest BCUT2D eigenvalue weighted by Crippen LogP contribution is -2.55. The number of piperazine rings is 1. The molecule has 4 heterocycles. The van der Waals surface area contributed by atoms with Gasteiger partial charge in [-0.05, 0) is 37.1 Å². The molecule has 0 spiro atoms. The van der Waals surface area contributed by atoms with Gasteiger partial charge in [0.25, 0.3) is 5.92 Å². The second kappa shape index (κ2) is 8.30. The van der Waals surface area contributed by atoms with Gasteiger partial charge in [-0.15, -0.1) is 0 Å². The molecule has 7 nitrogen and oxygen atoms in total. The number of ether oxygens (including phenoxy) is 1. The smallest absolute Gasteiger partial charge is 0.292 e. The van der Waals surface area contributed by atoms with Crippen LogP contribution in [0.1, 0.15) is 24.0 Å². The predicted octanol–water partition coefficient (Wildman–Crippen LogP) is 2.88. The summed E-state index contributed by atoms with van der Waals surface area (Å²) in [5.74, 6) is -2.91. The van der Waals surface area contributed by atoms with E-state index < -0.39 is 11.8 Å². The predicted molar refractivity (Wildman–Crippen MR) is 109 cm³/mol. The van der Waals surface area contributed by atoms with Crippen LogP contribution < -0.4 is 9.64 Å². The third kappa shape index (κ3) is 4.19. The second-order valence-electron chi connectivity index (χ2n) is 7.60. The van der Waals surface area contributed by atoms with Crippen LogP contribution in [-0.4, -0.2) is 53.1 Å². The summed E-state index contributed by atoms with van der Waals surface area (Å²) >= 11 is 0. The summed E-state index contributed by atoms with van der Waals surface area (Å²) in [6.07, 6.45) is 6.14. The Bertz CT molecular complexity index is 1020.